The molecule has 1 aromatic carbocycles. The lowest BCUT2D eigenvalue weighted by molar-refractivity contribution is 0.0593. The topological polar surface area (TPSA) is 79.5 Å². The lowest BCUT2D eigenvalue weighted by Gasteiger charge is -2.27. The van der Waals surface area contributed by atoms with Gasteiger partial charge in [0.1, 0.15) is 5.69 Å². The normalized spacial score (nSPS) is 11.6. The molecule has 0 saturated heterocycles. The fraction of sp³-hybridized carbons (Fsp3) is 0.286. The molecule has 27 heavy (non-hydrogen) atoms. The Morgan fingerprint density at radius 3 is 2.41 bits per heavy atom. The molecule has 0 aliphatic carbocycles. The van der Waals surface area contributed by atoms with E-state index in [1.807, 2.05) is 6.07 Å². The number of esters is 1. The van der Waals surface area contributed by atoms with Crippen molar-refractivity contribution in [2.75, 3.05) is 13.7 Å². The number of H-pyrrole nitrogens is 1. The maximum absolute atomic E-state index is 13.2. The molecule has 1 amide bonds. The van der Waals surface area contributed by atoms with Crippen LogP contribution in [0.1, 0.15) is 49.4 Å². The summed E-state index contributed by atoms with van der Waals surface area (Å²) in [5.41, 5.74) is 2.22. The smallest absolute Gasteiger partial charge is 0.354 e. The predicted octanol–water partition coefficient (Wildman–Crippen LogP) is 3.32. The Labute approximate surface area is 158 Å². The van der Waals surface area contributed by atoms with Crippen LogP contribution in [-0.4, -0.2) is 47.2 Å². The second kappa shape index (κ2) is 8.49. The van der Waals surface area contributed by atoms with Gasteiger partial charge in [0.25, 0.3) is 5.91 Å². The fourth-order valence-electron chi connectivity index (χ4n) is 3.08. The first-order chi connectivity index (χ1) is 12.8. The minimum atomic E-state index is -0.727. The highest BCUT2D eigenvalue weighted by molar-refractivity contribution is 6.07. The van der Waals surface area contributed by atoms with Gasteiger partial charge in [-0.05, 0) is 38.5 Å². The summed E-state index contributed by atoms with van der Waals surface area (Å²) >= 11 is 0. The highest BCUT2D eigenvalue weighted by Crippen LogP contribution is 2.22. The summed E-state index contributed by atoms with van der Waals surface area (Å²) in [5.74, 6) is -1.04. The van der Waals surface area contributed by atoms with Crippen molar-refractivity contribution >= 4 is 17.7 Å². The van der Waals surface area contributed by atoms with Gasteiger partial charge in [-0.1, -0.05) is 24.3 Å². The number of hydrogen-bond donors (Lipinski definition) is 1. The summed E-state index contributed by atoms with van der Waals surface area (Å²) in [6, 6.07) is 8.05. The van der Waals surface area contributed by atoms with E-state index in [2.05, 4.69) is 11.6 Å². The van der Waals surface area contributed by atoms with Crippen LogP contribution in [0.3, 0.4) is 0 Å². The van der Waals surface area contributed by atoms with Gasteiger partial charge in [0.2, 0.25) is 0 Å². The molecule has 0 spiro atoms. The van der Waals surface area contributed by atoms with Gasteiger partial charge >= 0.3 is 5.97 Å². The monoisotopic (exact) mass is 368 g/mol. The molecule has 6 nitrogen and oxygen atoms in total. The standard InChI is InChI=1S/C21H24N2O4/c1-6-12-23(20(25)16-10-8-7-9-11-16)15(4)19(24)17-13(2)18(21(26)27-5)22-14(17)3/h6-11,15,22H,1,12H2,2-5H3. The Morgan fingerprint density at radius 1 is 1.22 bits per heavy atom. The Morgan fingerprint density at radius 2 is 1.85 bits per heavy atom. The second-order valence-electron chi connectivity index (χ2n) is 6.27. The van der Waals surface area contributed by atoms with E-state index in [1.165, 1.54) is 12.0 Å². The molecule has 2 rings (SSSR count). The first-order valence-electron chi connectivity index (χ1n) is 8.62. The molecule has 1 heterocycles. The van der Waals surface area contributed by atoms with E-state index < -0.39 is 12.0 Å². The number of nitrogens with one attached hydrogen (secondary N) is 1. The van der Waals surface area contributed by atoms with Gasteiger partial charge in [0, 0.05) is 23.4 Å². The van der Waals surface area contributed by atoms with Crippen molar-refractivity contribution in [3.8, 4) is 0 Å². The molecule has 0 aliphatic rings. The van der Waals surface area contributed by atoms with Gasteiger partial charge in [-0.15, -0.1) is 6.58 Å². The first-order valence-corrected chi connectivity index (χ1v) is 8.62. The first kappa shape index (κ1) is 20.2. The summed E-state index contributed by atoms with van der Waals surface area (Å²) in [4.78, 5) is 42.3. The van der Waals surface area contributed by atoms with Crippen molar-refractivity contribution < 1.29 is 19.1 Å². The molecule has 0 bridgehead atoms. The maximum atomic E-state index is 13.2. The van der Waals surface area contributed by atoms with Gasteiger partial charge in [-0.2, -0.15) is 0 Å². The average molecular weight is 368 g/mol. The van der Waals surface area contributed by atoms with Crippen molar-refractivity contribution in [1.29, 1.82) is 0 Å². The van der Waals surface area contributed by atoms with Crippen molar-refractivity contribution in [2.45, 2.75) is 26.8 Å². The zero-order valence-corrected chi connectivity index (χ0v) is 16.0. The highest BCUT2D eigenvalue weighted by atomic mass is 16.5. The number of amides is 1. The Balaban J connectivity index is 2.39. The average Bonchev–Trinajstić information content (AvgIpc) is 2.98. The van der Waals surface area contributed by atoms with Gasteiger partial charge in [0.15, 0.2) is 5.78 Å². The van der Waals surface area contributed by atoms with Gasteiger partial charge in [-0.25, -0.2) is 4.79 Å². The van der Waals surface area contributed by atoms with E-state index >= 15 is 0 Å². The molecular formula is C21H24N2O4. The molecule has 2 aromatic rings. The van der Waals surface area contributed by atoms with Crippen LogP contribution in [-0.2, 0) is 4.74 Å². The SMILES string of the molecule is C=CCN(C(=O)c1ccccc1)C(C)C(=O)c1c(C)[nH]c(C(=O)OC)c1C. The third-order valence-corrected chi connectivity index (χ3v) is 4.53. The molecule has 142 valence electrons. The molecule has 0 fully saturated rings. The van der Waals surface area contributed by atoms with Crippen molar-refractivity contribution in [1.82, 2.24) is 9.88 Å². The fourth-order valence-corrected chi connectivity index (χ4v) is 3.08. The Hall–Kier alpha value is -3.15. The number of Topliss-reactive ketones (excluding diaryl/α,β-unsaturated/α-hetero) is 1. The zero-order valence-electron chi connectivity index (χ0n) is 16.0. The number of aryl methyl sites for hydroxylation is 1. The Bertz CT molecular complexity index is 868. The molecule has 0 saturated carbocycles. The minimum absolute atomic E-state index is 0.229. The number of aromatic nitrogens is 1. The van der Waals surface area contributed by atoms with Crippen LogP contribution in [0, 0.1) is 13.8 Å². The van der Waals surface area contributed by atoms with Crippen molar-refractivity contribution in [2.24, 2.45) is 0 Å². The molecule has 1 atom stereocenters. The lowest BCUT2D eigenvalue weighted by Crippen LogP contribution is -2.43. The minimum Gasteiger partial charge on any atom is -0.464 e. The summed E-state index contributed by atoms with van der Waals surface area (Å²) in [6.45, 7) is 9.00. The highest BCUT2D eigenvalue weighted by Gasteiger charge is 2.31. The van der Waals surface area contributed by atoms with Gasteiger partial charge in [-0.3, -0.25) is 9.59 Å². The van der Waals surface area contributed by atoms with E-state index in [-0.39, 0.29) is 23.9 Å². The molecule has 6 heteroatoms. The van der Waals surface area contributed by atoms with Crippen LogP contribution < -0.4 is 0 Å². The number of rotatable bonds is 7. The van der Waals surface area contributed by atoms with Crippen LogP contribution in [0.5, 0.6) is 0 Å². The Kier molecular flexibility index (Phi) is 6.34. The quantitative estimate of drug-likeness (QED) is 0.462. The number of aromatic amines is 1. The number of ether oxygens (including phenoxy) is 1. The van der Waals surface area contributed by atoms with E-state index in [1.54, 1.807) is 51.1 Å². The van der Waals surface area contributed by atoms with E-state index in [0.29, 0.717) is 22.4 Å². The number of hydrogen-bond acceptors (Lipinski definition) is 4. The number of benzene rings is 1. The molecule has 1 aromatic heterocycles. The van der Waals surface area contributed by atoms with Crippen LogP contribution >= 0.6 is 0 Å². The van der Waals surface area contributed by atoms with Crippen LogP contribution in [0.2, 0.25) is 0 Å². The van der Waals surface area contributed by atoms with Crippen molar-refractivity contribution in [3.05, 3.63) is 71.1 Å². The lowest BCUT2D eigenvalue weighted by atomic mass is 9.99. The molecule has 0 radical (unpaired) electrons. The van der Waals surface area contributed by atoms with Crippen LogP contribution in [0.15, 0.2) is 43.0 Å². The van der Waals surface area contributed by atoms with Crippen LogP contribution in [0.25, 0.3) is 0 Å². The van der Waals surface area contributed by atoms with Gasteiger partial charge in [0.05, 0.1) is 13.2 Å². The predicted molar refractivity (Wildman–Crippen MR) is 103 cm³/mol. The molecule has 0 aliphatic heterocycles. The van der Waals surface area contributed by atoms with E-state index in [0.717, 1.165) is 0 Å². The van der Waals surface area contributed by atoms with E-state index in [4.69, 9.17) is 4.74 Å². The summed E-state index contributed by atoms with van der Waals surface area (Å²) in [5, 5.41) is 0. The molecule has 1 unspecified atom stereocenters. The number of ketones is 1. The van der Waals surface area contributed by atoms with Crippen LogP contribution in [0.4, 0.5) is 0 Å². The number of carbonyl (C=O) groups excluding carboxylic acids is 3. The summed E-state index contributed by atoms with van der Waals surface area (Å²) in [6.07, 6.45) is 1.58. The molecular weight excluding hydrogens is 344 g/mol. The number of carbonyl (C=O) groups is 3. The third-order valence-electron chi connectivity index (χ3n) is 4.53. The summed E-state index contributed by atoms with van der Waals surface area (Å²) < 4.78 is 4.75. The second-order valence-corrected chi connectivity index (χ2v) is 6.27. The van der Waals surface area contributed by atoms with Crippen molar-refractivity contribution in [3.63, 3.8) is 0 Å². The zero-order chi connectivity index (χ0) is 20.1. The largest absolute Gasteiger partial charge is 0.464 e. The number of nitrogens with zero attached hydrogens (tertiary/aromatic N) is 1. The number of methoxy groups -OCH3 is 1. The molecule has 1 N–H and O–H groups in total. The van der Waals surface area contributed by atoms with Gasteiger partial charge < -0.3 is 14.6 Å². The third kappa shape index (κ3) is 4.00. The maximum Gasteiger partial charge on any atom is 0.354 e. The van der Waals surface area contributed by atoms with E-state index in [9.17, 15) is 14.4 Å². The summed E-state index contributed by atoms with van der Waals surface area (Å²) in [7, 11) is 1.28.